The van der Waals surface area contributed by atoms with Gasteiger partial charge in [0, 0.05) is 23.6 Å². The predicted octanol–water partition coefficient (Wildman–Crippen LogP) is 5.39. The minimum atomic E-state index is 0.133. The van der Waals surface area contributed by atoms with E-state index in [4.69, 9.17) is 9.72 Å². The molecule has 1 heterocycles. The van der Waals surface area contributed by atoms with Crippen LogP contribution in [0.25, 0.3) is 10.2 Å². The van der Waals surface area contributed by atoms with Crippen LogP contribution in [0.1, 0.15) is 24.0 Å². The molecule has 1 amide bonds. The van der Waals surface area contributed by atoms with Gasteiger partial charge in [-0.1, -0.05) is 17.4 Å². The first-order chi connectivity index (χ1) is 14.9. The lowest BCUT2D eigenvalue weighted by Crippen LogP contribution is -2.33. The minimum Gasteiger partial charge on any atom is -0.497 e. The average molecular weight is 458 g/mol. The van der Waals surface area contributed by atoms with Gasteiger partial charge in [0.1, 0.15) is 5.75 Å². The Morgan fingerprint density at radius 2 is 1.87 bits per heavy atom. The van der Waals surface area contributed by atoms with Gasteiger partial charge >= 0.3 is 0 Å². The molecule has 0 bridgehead atoms. The standard InChI is InChI=1S/C24H31N3O2S2/c1-17-15-18(2)23-21(16-17)25-24(31-23)27(13-6-12-26(3)4)22(28)11-14-30-20-9-7-19(29-5)8-10-20/h7-10,15-16H,6,11-14H2,1-5H3. The number of aryl methyl sites for hydroxylation is 2. The van der Waals surface area contributed by atoms with Gasteiger partial charge in [-0.25, -0.2) is 4.98 Å². The predicted molar refractivity (Wildman–Crippen MR) is 133 cm³/mol. The van der Waals surface area contributed by atoms with Crippen LogP contribution in [-0.4, -0.2) is 55.8 Å². The van der Waals surface area contributed by atoms with Crippen LogP contribution in [0.4, 0.5) is 5.13 Å². The molecule has 2 aromatic carbocycles. The molecule has 5 nitrogen and oxygen atoms in total. The van der Waals surface area contributed by atoms with E-state index in [-0.39, 0.29) is 5.91 Å². The maximum atomic E-state index is 13.2. The Morgan fingerprint density at radius 1 is 1.13 bits per heavy atom. The first kappa shape index (κ1) is 23.6. The number of fused-ring (bicyclic) bond motifs is 1. The summed E-state index contributed by atoms with van der Waals surface area (Å²) >= 11 is 3.31. The maximum Gasteiger partial charge on any atom is 0.229 e. The van der Waals surface area contributed by atoms with E-state index in [1.165, 1.54) is 15.8 Å². The molecule has 0 saturated heterocycles. The first-order valence-corrected chi connectivity index (χ1v) is 12.3. The lowest BCUT2D eigenvalue weighted by molar-refractivity contribution is -0.118. The lowest BCUT2D eigenvalue weighted by atomic mass is 10.1. The zero-order chi connectivity index (χ0) is 22.4. The molecular weight excluding hydrogens is 426 g/mol. The van der Waals surface area contributed by atoms with Gasteiger partial charge in [0.05, 0.1) is 17.3 Å². The number of benzene rings is 2. The Hall–Kier alpha value is -2.09. The normalized spacial score (nSPS) is 11.3. The third-order valence-corrected chi connectivity index (χ3v) is 7.22. The number of rotatable bonds is 10. The summed E-state index contributed by atoms with van der Waals surface area (Å²) in [5.74, 6) is 1.71. The zero-order valence-electron chi connectivity index (χ0n) is 19.0. The van der Waals surface area contributed by atoms with Crippen molar-refractivity contribution in [3.63, 3.8) is 0 Å². The van der Waals surface area contributed by atoms with Gasteiger partial charge in [-0.15, -0.1) is 11.8 Å². The molecule has 0 radical (unpaired) electrons. The topological polar surface area (TPSA) is 45.7 Å². The lowest BCUT2D eigenvalue weighted by Gasteiger charge is -2.21. The van der Waals surface area contributed by atoms with Crippen molar-refractivity contribution in [1.82, 2.24) is 9.88 Å². The van der Waals surface area contributed by atoms with Crippen LogP contribution in [0.15, 0.2) is 41.3 Å². The SMILES string of the molecule is COc1ccc(SCCC(=O)N(CCCN(C)C)c2nc3cc(C)cc(C)c3s2)cc1. The van der Waals surface area contributed by atoms with E-state index in [1.54, 1.807) is 30.2 Å². The average Bonchev–Trinajstić information content (AvgIpc) is 3.15. The van der Waals surface area contributed by atoms with E-state index in [9.17, 15) is 4.79 Å². The Bertz CT molecular complexity index is 1020. The highest BCUT2D eigenvalue weighted by atomic mass is 32.2. The minimum absolute atomic E-state index is 0.133. The van der Waals surface area contributed by atoms with Crippen molar-refractivity contribution in [3.05, 3.63) is 47.5 Å². The molecule has 3 aromatic rings. The van der Waals surface area contributed by atoms with Crippen LogP contribution >= 0.6 is 23.1 Å². The number of hydrogen-bond donors (Lipinski definition) is 0. The van der Waals surface area contributed by atoms with Crippen molar-refractivity contribution >= 4 is 44.4 Å². The Labute approximate surface area is 193 Å². The quantitative estimate of drug-likeness (QED) is 0.382. The molecule has 166 valence electrons. The molecular formula is C24H31N3O2S2. The van der Waals surface area contributed by atoms with Gasteiger partial charge in [-0.2, -0.15) is 0 Å². The van der Waals surface area contributed by atoms with Gasteiger partial charge < -0.3 is 9.64 Å². The monoisotopic (exact) mass is 457 g/mol. The van der Waals surface area contributed by atoms with Gasteiger partial charge in [-0.3, -0.25) is 9.69 Å². The van der Waals surface area contributed by atoms with Crippen LogP contribution in [0.3, 0.4) is 0 Å². The molecule has 1 aromatic heterocycles. The number of thiazole rings is 1. The number of aromatic nitrogens is 1. The maximum absolute atomic E-state index is 13.2. The van der Waals surface area contributed by atoms with E-state index < -0.39 is 0 Å². The second-order valence-corrected chi connectivity index (χ2v) is 10.0. The molecule has 31 heavy (non-hydrogen) atoms. The van der Waals surface area contributed by atoms with Crippen molar-refractivity contribution in [3.8, 4) is 5.75 Å². The van der Waals surface area contributed by atoms with Crippen LogP contribution in [-0.2, 0) is 4.79 Å². The second kappa shape index (κ2) is 11.0. The molecule has 0 aliphatic heterocycles. The van der Waals surface area contributed by atoms with Crippen molar-refractivity contribution < 1.29 is 9.53 Å². The Morgan fingerprint density at radius 3 is 2.55 bits per heavy atom. The number of amides is 1. The summed E-state index contributed by atoms with van der Waals surface area (Å²) in [6.45, 7) is 5.82. The molecule has 0 spiro atoms. The van der Waals surface area contributed by atoms with E-state index in [2.05, 4.69) is 45.0 Å². The molecule has 7 heteroatoms. The molecule has 3 rings (SSSR count). The smallest absolute Gasteiger partial charge is 0.229 e. The van der Waals surface area contributed by atoms with Crippen molar-refractivity contribution in [2.45, 2.75) is 31.6 Å². The molecule has 0 aliphatic carbocycles. The number of methoxy groups -OCH3 is 1. The summed E-state index contributed by atoms with van der Waals surface area (Å²) in [5.41, 5.74) is 3.40. The number of thioether (sulfide) groups is 1. The third kappa shape index (κ3) is 6.45. The molecule has 0 fully saturated rings. The van der Waals surface area contributed by atoms with Crippen molar-refractivity contribution in [1.29, 1.82) is 0 Å². The zero-order valence-corrected chi connectivity index (χ0v) is 20.6. The summed E-state index contributed by atoms with van der Waals surface area (Å²) in [6, 6.07) is 12.2. The fraction of sp³-hybridized carbons (Fsp3) is 0.417. The van der Waals surface area contributed by atoms with E-state index in [1.807, 2.05) is 29.2 Å². The molecule has 0 unspecified atom stereocenters. The van der Waals surface area contributed by atoms with Crippen molar-refractivity contribution in [2.75, 3.05) is 44.9 Å². The highest BCUT2D eigenvalue weighted by Crippen LogP contribution is 2.33. The Kier molecular flexibility index (Phi) is 8.35. The van der Waals surface area contributed by atoms with Gasteiger partial charge in [0.25, 0.3) is 0 Å². The summed E-state index contributed by atoms with van der Waals surface area (Å²) in [6.07, 6.45) is 1.39. The van der Waals surface area contributed by atoms with Gasteiger partial charge in [-0.05, 0) is 82.4 Å². The fourth-order valence-electron chi connectivity index (χ4n) is 3.42. The van der Waals surface area contributed by atoms with Crippen LogP contribution in [0.2, 0.25) is 0 Å². The van der Waals surface area contributed by atoms with Crippen LogP contribution in [0, 0.1) is 13.8 Å². The number of hydrogen-bond acceptors (Lipinski definition) is 6. The van der Waals surface area contributed by atoms with E-state index >= 15 is 0 Å². The second-order valence-electron chi connectivity index (χ2n) is 7.90. The number of anilines is 1. The molecule has 0 N–H and O–H groups in total. The number of carbonyl (C=O) groups excluding carboxylic acids is 1. The molecule has 0 aliphatic rings. The van der Waals surface area contributed by atoms with E-state index in [0.29, 0.717) is 13.0 Å². The van der Waals surface area contributed by atoms with Crippen LogP contribution in [0.5, 0.6) is 5.75 Å². The molecule has 0 saturated carbocycles. The Balaban J connectivity index is 1.71. The summed E-state index contributed by atoms with van der Waals surface area (Å²) in [5, 5.41) is 0.807. The molecule has 0 atom stereocenters. The number of carbonyl (C=O) groups is 1. The summed E-state index contributed by atoms with van der Waals surface area (Å²) in [7, 11) is 5.78. The van der Waals surface area contributed by atoms with Gasteiger partial charge in [0.15, 0.2) is 5.13 Å². The number of nitrogens with zero attached hydrogens (tertiary/aromatic N) is 3. The highest BCUT2D eigenvalue weighted by Gasteiger charge is 2.20. The van der Waals surface area contributed by atoms with Crippen LogP contribution < -0.4 is 9.64 Å². The largest absolute Gasteiger partial charge is 0.497 e. The first-order valence-electron chi connectivity index (χ1n) is 10.5. The van der Waals surface area contributed by atoms with Gasteiger partial charge in [0.2, 0.25) is 5.91 Å². The number of ether oxygens (including phenoxy) is 1. The summed E-state index contributed by atoms with van der Waals surface area (Å²) < 4.78 is 6.37. The highest BCUT2D eigenvalue weighted by molar-refractivity contribution is 7.99. The fourth-order valence-corrected chi connectivity index (χ4v) is 5.32. The summed E-state index contributed by atoms with van der Waals surface area (Å²) in [4.78, 5) is 23.2. The van der Waals surface area contributed by atoms with Crippen molar-refractivity contribution in [2.24, 2.45) is 0 Å². The third-order valence-electron chi connectivity index (χ3n) is 4.97. The van der Waals surface area contributed by atoms with E-state index in [0.717, 1.165) is 40.0 Å².